The van der Waals surface area contributed by atoms with Crippen LogP contribution >= 0.6 is 27.5 Å². The van der Waals surface area contributed by atoms with Gasteiger partial charge in [0.15, 0.2) is 0 Å². The Morgan fingerprint density at radius 2 is 2.22 bits per heavy atom. The summed E-state index contributed by atoms with van der Waals surface area (Å²) in [6, 6.07) is 4.45. The molecule has 1 aromatic carbocycles. The summed E-state index contributed by atoms with van der Waals surface area (Å²) in [6.45, 7) is 4.04. The van der Waals surface area contributed by atoms with Gasteiger partial charge in [0, 0.05) is 16.4 Å². The van der Waals surface area contributed by atoms with E-state index in [1.54, 1.807) is 6.07 Å². The zero-order chi connectivity index (χ0) is 13.8. The zero-order valence-electron chi connectivity index (χ0n) is 10.5. The first-order chi connectivity index (χ1) is 8.41. The van der Waals surface area contributed by atoms with E-state index in [2.05, 4.69) is 21.2 Å². The molecule has 1 unspecified atom stereocenters. The Bertz CT molecular complexity index is 439. The first-order valence-electron chi connectivity index (χ1n) is 5.79. The first-order valence-corrected chi connectivity index (χ1v) is 7.29. The number of phenolic OH excluding ortho intramolecular Hbond substituents is 1. The topological polar surface area (TPSA) is 49.3 Å². The molecular formula is C13H17BrClNO2. The van der Waals surface area contributed by atoms with Crippen LogP contribution in [0.25, 0.3) is 0 Å². The van der Waals surface area contributed by atoms with Crippen LogP contribution < -0.4 is 5.32 Å². The highest BCUT2D eigenvalue weighted by molar-refractivity contribution is 9.09. The minimum absolute atomic E-state index is 0.0214. The van der Waals surface area contributed by atoms with Crippen molar-refractivity contribution in [3.63, 3.8) is 0 Å². The van der Waals surface area contributed by atoms with Crippen LogP contribution in [0.4, 0.5) is 0 Å². The van der Waals surface area contributed by atoms with Gasteiger partial charge in [-0.25, -0.2) is 0 Å². The molecule has 0 radical (unpaired) electrons. The third-order valence-electron chi connectivity index (χ3n) is 3.05. The number of benzene rings is 1. The van der Waals surface area contributed by atoms with Crippen molar-refractivity contribution < 1.29 is 9.90 Å². The second kappa shape index (κ2) is 6.43. The van der Waals surface area contributed by atoms with Gasteiger partial charge in [-0.2, -0.15) is 0 Å². The molecule has 0 aliphatic rings. The van der Waals surface area contributed by atoms with Crippen molar-refractivity contribution in [3.05, 3.63) is 28.8 Å². The number of hydrogen-bond donors (Lipinski definition) is 2. The van der Waals surface area contributed by atoms with Crippen LogP contribution in [0.1, 0.15) is 37.0 Å². The summed E-state index contributed by atoms with van der Waals surface area (Å²) in [6.07, 6.45) is 1.69. The normalized spacial score (nSPS) is 14.0. The maximum absolute atomic E-state index is 12.1. The van der Waals surface area contributed by atoms with Gasteiger partial charge in [0.1, 0.15) is 5.75 Å². The molecule has 0 aliphatic carbocycles. The van der Waals surface area contributed by atoms with E-state index in [1.807, 2.05) is 13.8 Å². The molecule has 0 heterocycles. The van der Waals surface area contributed by atoms with Crippen LogP contribution in [-0.4, -0.2) is 21.9 Å². The van der Waals surface area contributed by atoms with E-state index in [0.717, 1.165) is 18.2 Å². The predicted molar refractivity (Wildman–Crippen MR) is 77.7 cm³/mol. The van der Waals surface area contributed by atoms with Crippen LogP contribution in [0.5, 0.6) is 5.75 Å². The van der Waals surface area contributed by atoms with Crippen molar-refractivity contribution in [1.29, 1.82) is 0 Å². The minimum atomic E-state index is -0.245. The maximum Gasteiger partial charge on any atom is 0.251 e. The van der Waals surface area contributed by atoms with Gasteiger partial charge in [-0.05, 0) is 38.0 Å². The van der Waals surface area contributed by atoms with E-state index >= 15 is 0 Å². The molecular weight excluding hydrogens is 318 g/mol. The molecule has 18 heavy (non-hydrogen) atoms. The zero-order valence-corrected chi connectivity index (χ0v) is 12.8. The Morgan fingerprint density at radius 3 is 2.72 bits per heavy atom. The van der Waals surface area contributed by atoms with Gasteiger partial charge < -0.3 is 10.4 Å². The van der Waals surface area contributed by atoms with Crippen LogP contribution in [-0.2, 0) is 0 Å². The average molecular weight is 335 g/mol. The number of halogens is 2. The third-order valence-corrected chi connectivity index (χ3v) is 3.75. The fraction of sp³-hybridized carbons (Fsp3) is 0.462. The molecule has 0 spiro atoms. The fourth-order valence-corrected chi connectivity index (χ4v) is 2.59. The molecule has 1 atom stereocenters. The molecule has 1 rings (SSSR count). The lowest BCUT2D eigenvalue weighted by molar-refractivity contribution is 0.0902. The molecule has 1 amide bonds. The van der Waals surface area contributed by atoms with Crippen molar-refractivity contribution in [2.45, 2.75) is 32.2 Å². The Morgan fingerprint density at radius 1 is 1.56 bits per heavy atom. The van der Waals surface area contributed by atoms with E-state index in [0.29, 0.717) is 5.56 Å². The molecule has 3 nitrogen and oxygen atoms in total. The number of nitrogens with one attached hydrogen (secondary N) is 1. The molecule has 0 aliphatic heterocycles. The Kier molecular flexibility index (Phi) is 5.47. The van der Waals surface area contributed by atoms with Gasteiger partial charge in [0.25, 0.3) is 5.91 Å². The first kappa shape index (κ1) is 15.3. The SMILES string of the molecule is CCC(C)(CCBr)NC(=O)c1ccc(O)c(Cl)c1. The van der Waals surface area contributed by atoms with E-state index < -0.39 is 0 Å². The van der Waals surface area contributed by atoms with Crippen LogP contribution in [0.3, 0.4) is 0 Å². The molecule has 0 saturated carbocycles. The highest BCUT2D eigenvalue weighted by Crippen LogP contribution is 2.24. The third kappa shape index (κ3) is 3.89. The Labute approximate surface area is 121 Å². The van der Waals surface area contributed by atoms with Gasteiger partial charge in [-0.1, -0.05) is 34.5 Å². The molecule has 100 valence electrons. The lowest BCUT2D eigenvalue weighted by Crippen LogP contribution is -2.45. The highest BCUT2D eigenvalue weighted by Gasteiger charge is 2.24. The van der Waals surface area contributed by atoms with Crippen LogP contribution in [0.2, 0.25) is 5.02 Å². The molecule has 5 heteroatoms. The van der Waals surface area contributed by atoms with E-state index in [4.69, 9.17) is 11.6 Å². The van der Waals surface area contributed by atoms with Gasteiger partial charge in [-0.3, -0.25) is 4.79 Å². The van der Waals surface area contributed by atoms with Gasteiger partial charge in [0.05, 0.1) is 5.02 Å². The maximum atomic E-state index is 12.1. The molecule has 0 saturated heterocycles. The summed E-state index contributed by atoms with van der Waals surface area (Å²) in [5.41, 5.74) is 0.206. The summed E-state index contributed by atoms with van der Waals surface area (Å²) in [5.74, 6) is -0.200. The second-order valence-electron chi connectivity index (χ2n) is 4.47. The number of alkyl halides is 1. The predicted octanol–water partition coefficient (Wildman–Crippen LogP) is 3.73. The average Bonchev–Trinajstić information content (AvgIpc) is 2.32. The Hall–Kier alpha value is -0.740. The number of rotatable bonds is 5. The smallest absolute Gasteiger partial charge is 0.251 e. The van der Waals surface area contributed by atoms with E-state index in [-0.39, 0.29) is 22.2 Å². The van der Waals surface area contributed by atoms with Crippen molar-refractivity contribution in [2.75, 3.05) is 5.33 Å². The summed E-state index contributed by atoms with van der Waals surface area (Å²) in [7, 11) is 0. The van der Waals surface area contributed by atoms with Crippen LogP contribution in [0.15, 0.2) is 18.2 Å². The number of hydrogen-bond acceptors (Lipinski definition) is 2. The lowest BCUT2D eigenvalue weighted by Gasteiger charge is -2.29. The minimum Gasteiger partial charge on any atom is -0.506 e. The number of carbonyl (C=O) groups is 1. The number of aromatic hydroxyl groups is 1. The molecule has 0 bridgehead atoms. The molecule has 0 fully saturated rings. The quantitative estimate of drug-likeness (QED) is 0.806. The van der Waals surface area contributed by atoms with Crippen LogP contribution in [0, 0.1) is 0 Å². The molecule has 1 aromatic rings. The monoisotopic (exact) mass is 333 g/mol. The summed E-state index contributed by atoms with van der Waals surface area (Å²) in [5, 5.41) is 13.3. The summed E-state index contributed by atoms with van der Waals surface area (Å²) < 4.78 is 0. The lowest BCUT2D eigenvalue weighted by atomic mass is 9.95. The summed E-state index contributed by atoms with van der Waals surface area (Å²) >= 11 is 9.17. The number of phenols is 1. The van der Waals surface area contributed by atoms with Crippen molar-refractivity contribution >= 4 is 33.4 Å². The van der Waals surface area contributed by atoms with Crippen molar-refractivity contribution in [3.8, 4) is 5.75 Å². The Balaban J connectivity index is 2.84. The largest absolute Gasteiger partial charge is 0.506 e. The molecule has 0 aromatic heterocycles. The fourth-order valence-electron chi connectivity index (χ4n) is 1.53. The standard InChI is InChI=1S/C13H17BrClNO2/c1-3-13(2,6-7-14)16-12(18)9-4-5-11(17)10(15)8-9/h4-5,8,17H,3,6-7H2,1-2H3,(H,16,18). The van der Waals surface area contributed by atoms with E-state index in [1.165, 1.54) is 12.1 Å². The van der Waals surface area contributed by atoms with Crippen molar-refractivity contribution in [2.24, 2.45) is 0 Å². The van der Waals surface area contributed by atoms with Crippen molar-refractivity contribution in [1.82, 2.24) is 5.32 Å². The number of carbonyl (C=O) groups excluding carboxylic acids is 1. The highest BCUT2D eigenvalue weighted by atomic mass is 79.9. The van der Waals surface area contributed by atoms with E-state index in [9.17, 15) is 9.90 Å². The summed E-state index contributed by atoms with van der Waals surface area (Å²) in [4.78, 5) is 12.1. The number of amides is 1. The van der Waals surface area contributed by atoms with Gasteiger partial charge >= 0.3 is 0 Å². The second-order valence-corrected chi connectivity index (χ2v) is 5.67. The van der Waals surface area contributed by atoms with Gasteiger partial charge in [-0.15, -0.1) is 0 Å². The van der Waals surface area contributed by atoms with Gasteiger partial charge in [0.2, 0.25) is 0 Å². The molecule has 2 N–H and O–H groups in total.